The van der Waals surface area contributed by atoms with Crippen LogP contribution in [0.1, 0.15) is 115 Å². The predicted octanol–water partition coefficient (Wildman–Crippen LogP) is 9.67. The SMILES string of the molecule is C=C(C)C(=O)OCCc1ccnc(-c2ccccn2)c1CCCCCCCCCCCCCCCC.Cl.Cl. The molecule has 0 amide bonds. The van der Waals surface area contributed by atoms with Gasteiger partial charge in [-0.2, -0.15) is 0 Å². The number of hydrogen-bond acceptors (Lipinski definition) is 4. The number of aromatic nitrogens is 2. The van der Waals surface area contributed by atoms with Crippen molar-refractivity contribution in [3.8, 4) is 11.4 Å². The van der Waals surface area contributed by atoms with Gasteiger partial charge in [-0.1, -0.05) is 103 Å². The van der Waals surface area contributed by atoms with E-state index in [2.05, 4.69) is 29.5 Å². The van der Waals surface area contributed by atoms with Crippen molar-refractivity contribution >= 4 is 30.8 Å². The highest BCUT2D eigenvalue weighted by Gasteiger charge is 2.13. The molecule has 2 aromatic heterocycles. The maximum atomic E-state index is 11.8. The van der Waals surface area contributed by atoms with Gasteiger partial charge < -0.3 is 4.74 Å². The van der Waals surface area contributed by atoms with Crippen LogP contribution in [0.2, 0.25) is 0 Å². The monoisotopic (exact) mass is 564 g/mol. The van der Waals surface area contributed by atoms with Gasteiger partial charge in [0.05, 0.1) is 18.0 Å². The highest BCUT2D eigenvalue weighted by Crippen LogP contribution is 2.25. The molecule has 4 nitrogen and oxygen atoms in total. The van der Waals surface area contributed by atoms with Gasteiger partial charge in [-0.25, -0.2) is 4.79 Å². The van der Waals surface area contributed by atoms with Gasteiger partial charge in [-0.3, -0.25) is 9.97 Å². The minimum atomic E-state index is -0.331. The quantitative estimate of drug-likeness (QED) is 0.0911. The maximum Gasteiger partial charge on any atom is 0.333 e. The average molecular weight is 566 g/mol. The fourth-order valence-electron chi connectivity index (χ4n) is 4.64. The summed E-state index contributed by atoms with van der Waals surface area (Å²) in [5, 5.41) is 0. The van der Waals surface area contributed by atoms with E-state index in [0.29, 0.717) is 18.6 Å². The van der Waals surface area contributed by atoms with Crippen LogP contribution >= 0.6 is 24.8 Å². The van der Waals surface area contributed by atoms with Crippen molar-refractivity contribution < 1.29 is 9.53 Å². The summed E-state index contributed by atoms with van der Waals surface area (Å²) in [5.41, 5.74) is 4.71. The minimum absolute atomic E-state index is 0. The first-order valence-corrected chi connectivity index (χ1v) is 14.3. The third kappa shape index (κ3) is 14.9. The van der Waals surface area contributed by atoms with E-state index < -0.39 is 0 Å². The van der Waals surface area contributed by atoms with Crippen molar-refractivity contribution in [3.63, 3.8) is 0 Å². The van der Waals surface area contributed by atoms with Crippen LogP contribution in [0.15, 0.2) is 48.8 Å². The molecule has 0 radical (unpaired) electrons. The Bertz CT molecular complexity index is 890. The van der Waals surface area contributed by atoms with Gasteiger partial charge in [0.1, 0.15) is 0 Å². The third-order valence-electron chi connectivity index (χ3n) is 6.79. The molecule has 0 saturated heterocycles. The number of nitrogens with zero attached hydrogens (tertiary/aromatic N) is 2. The fraction of sp³-hybridized carbons (Fsp3) is 0.594. The second-order valence-electron chi connectivity index (χ2n) is 10.0. The molecule has 0 spiro atoms. The van der Waals surface area contributed by atoms with Crippen LogP contribution in [0.25, 0.3) is 11.4 Å². The van der Waals surface area contributed by atoms with Gasteiger partial charge in [0.15, 0.2) is 0 Å². The van der Waals surface area contributed by atoms with Crippen molar-refractivity contribution in [1.82, 2.24) is 9.97 Å². The number of halogens is 2. The number of ether oxygens (including phenoxy) is 1. The lowest BCUT2D eigenvalue weighted by Gasteiger charge is -2.14. The van der Waals surface area contributed by atoms with Crippen LogP contribution in [-0.4, -0.2) is 22.5 Å². The Hall–Kier alpha value is -1.91. The molecule has 2 aromatic rings. The Morgan fingerprint density at radius 3 is 1.87 bits per heavy atom. The van der Waals surface area contributed by atoms with Crippen molar-refractivity contribution in [1.29, 1.82) is 0 Å². The van der Waals surface area contributed by atoms with Crippen molar-refractivity contribution in [2.24, 2.45) is 0 Å². The first-order chi connectivity index (χ1) is 17.6. The maximum absolute atomic E-state index is 11.8. The normalized spacial score (nSPS) is 10.4. The number of carbonyl (C=O) groups excluding carboxylic acids is 1. The lowest BCUT2D eigenvalue weighted by atomic mass is 9.96. The molecular weight excluding hydrogens is 515 g/mol. The summed E-state index contributed by atoms with van der Waals surface area (Å²) in [4.78, 5) is 21.0. The molecule has 0 fully saturated rings. The van der Waals surface area contributed by atoms with Gasteiger partial charge >= 0.3 is 5.97 Å². The third-order valence-corrected chi connectivity index (χ3v) is 6.79. The molecule has 214 valence electrons. The fourth-order valence-corrected chi connectivity index (χ4v) is 4.64. The second-order valence-corrected chi connectivity index (χ2v) is 10.0. The Balaban J connectivity index is 0.00000684. The van der Waals surface area contributed by atoms with Gasteiger partial charge in [0.25, 0.3) is 0 Å². The number of unbranched alkanes of at least 4 members (excludes halogenated alkanes) is 13. The molecule has 0 N–H and O–H groups in total. The molecule has 2 rings (SSSR count). The zero-order valence-electron chi connectivity index (χ0n) is 23.7. The summed E-state index contributed by atoms with van der Waals surface area (Å²) < 4.78 is 5.36. The zero-order valence-corrected chi connectivity index (χ0v) is 25.4. The predicted molar refractivity (Wildman–Crippen MR) is 165 cm³/mol. The zero-order chi connectivity index (χ0) is 25.8. The molecule has 0 aliphatic carbocycles. The number of carbonyl (C=O) groups is 1. The summed E-state index contributed by atoms with van der Waals surface area (Å²) in [6.45, 7) is 7.97. The molecule has 6 heteroatoms. The van der Waals surface area contributed by atoms with Crippen molar-refractivity contribution in [2.75, 3.05) is 6.61 Å². The van der Waals surface area contributed by atoms with E-state index in [9.17, 15) is 4.79 Å². The van der Waals surface area contributed by atoms with Crippen molar-refractivity contribution in [3.05, 3.63) is 59.9 Å². The summed E-state index contributed by atoms with van der Waals surface area (Å²) in [6.07, 6.45) is 24.3. The number of rotatable bonds is 20. The number of esters is 1. The Kier molecular flexibility index (Phi) is 21.9. The average Bonchev–Trinajstić information content (AvgIpc) is 2.89. The number of hydrogen-bond donors (Lipinski definition) is 0. The highest BCUT2D eigenvalue weighted by molar-refractivity contribution is 5.87. The molecule has 0 saturated carbocycles. The second kappa shape index (κ2) is 23.0. The topological polar surface area (TPSA) is 52.1 Å². The largest absolute Gasteiger partial charge is 0.462 e. The number of pyridine rings is 2. The Morgan fingerprint density at radius 2 is 1.34 bits per heavy atom. The van der Waals surface area contributed by atoms with E-state index in [1.807, 2.05) is 30.6 Å². The molecule has 0 unspecified atom stereocenters. The first kappa shape index (κ1) is 36.1. The van der Waals surface area contributed by atoms with Crippen LogP contribution in [0.4, 0.5) is 0 Å². The van der Waals surface area contributed by atoms with Crippen LogP contribution < -0.4 is 0 Å². The van der Waals surface area contributed by atoms with Crippen molar-refractivity contribution in [2.45, 2.75) is 117 Å². The molecule has 38 heavy (non-hydrogen) atoms. The molecule has 0 aliphatic heterocycles. The van der Waals surface area contributed by atoms with Crippen LogP contribution in [-0.2, 0) is 22.4 Å². The molecule has 0 atom stereocenters. The van der Waals surface area contributed by atoms with E-state index in [1.165, 1.54) is 94.6 Å². The lowest BCUT2D eigenvalue weighted by Crippen LogP contribution is -2.10. The van der Waals surface area contributed by atoms with E-state index >= 15 is 0 Å². The summed E-state index contributed by atoms with van der Waals surface area (Å²) in [7, 11) is 0. The smallest absolute Gasteiger partial charge is 0.333 e. The van der Waals surface area contributed by atoms with Gasteiger partial charge in [-0.15, -0.1) is 24.8 Å². The van der Waals surface area contributed by atoms with Crippen LogP contribution in [0, 0.1) is 0 Å². The summed E-state index contributed by atoms with van der Waals surface area (Å²) in [5.74, 6) is -0.331. The van der Waals surface area contributed by atoms with Crippen LogP contribution in [0.3, 0.4) is 0 Å². The Morgan fingerprint density at radius 1 is 0.763 bits per heavy atom. The standard InChI is InChI=1S/C32H48N2O2.2ClH/c1-4-5-6-7-8-9-10-11-12-13-14-15-16-17-20-29-28(23-26-36-32(35)27(2)3)22-25-34-31(29)30-21-18-19-24-33-30;;/h18-19,21-22,24-25H,2,4-17,20,23,26H2,1,3H3;2*1H. The van der Waals surface area contributed by atoms with Crippen LogP contribution in [0.5, 0.6) is 0 Å². The summed E-state index contributed by atoms with van der Waals surface area (Å²) in [6, 6.07) is 8.00. The van der Waals surface area contributed by atoms with E-state index in [0.717, 1.165) is 24.2 Å². The van der Waals surface area contributed by atoms with E-state index in [1.54, 1.807) is 6.92 Å². The lowest BCUT2D eigenvalue weighted by molar-refractivity contribution is -0.138. The highest BCUT2D eigenvalue weighted by atomic mass is 35.5. The molecule has 0 aromatic carbocycles. The molecule has 0 bridgehead atoms. The first-order valence-electron chi connectivity index (χ1n) is 14.3. The molecule has 0 aliphatic rings. The summed E-state index contributed by atoms with van der Waals surface area (Å²) >= 11 is 0. The van der Waals surface area contributed by atoms with E-state index in [4.69, 9.17) is 4.74 Å². The Labute approximate surface area is 244 Å². The van der Waals surface area contributed by atoms with Gasteiger partial charge in [-0.05, 0) is 49.1 Å². The minimum Gasteiger partial charge on any atom is -0.462 e. The van der Waals surface area contributed by atoms with Gasteiger partial charge in [0, 0.05) is 24.4 Å². The molecular formula is C32H50Cl2N2O2. The van der Waals surface area contributed by atoms with E-state index in [-0.39, 0.29) is 30.8 Å². The van der Waals surface area contributed by atoms with Gasteiger partial charge in [0.2, 0.25) is 0 Å². The molecule has 2 heterocycles.